The standard InChI is InChI=1S/C15H22N2O/c1-12-15-6-3-7-16(15)8-9-17(12)11-13-4-2-5-14(18)10-13/h2,4-5,10,12,15,18H,3,6-9,11H2,1H3. The van der Waals surface area contributed by atoms with Crippen molar-refractivity contribution in [2.24, 2.45) is 0 Å². The highest BCUT2D eigenvalue weighted by molar-refractivity contribution is 5.27. The lowest BCUT2D eigenvalue weighted by molar-refractivity contribution is 0.0470. The first kappa shape index (κ1) is 12.0. The Kier molecular flexibility index (Phi) is 3.27. The zero-order chi connectivity index (χ0) is 12.5. The molecule has 2 aliphatic heterocycles. The average Bonchev–Trinajstić information content (AvgIpc) is 2.82. The first-order valence-electron chi connectivity index (χ1n) is 7.00. The summed E-state index contributed by atoms with van der Waals surface area (Å²) < 4.78 is 0. The van der Waals surface area contributed by atoms with Gasteiger partial charge in [0.25, 0.3) is 0 Å². The summed E-state index contributed by atoms with van der Waals surface area (Å²) in [6.45, 7) is 6.95. The quantitative estimate of drug-likeness (QED) is 0.865. The lowest BCUT2D eigenvalue weighted by Crippen LogP contribution is -2.55. The van der Waals surface area contributed by atoms with E-state index in [2.05, 4.69) is 22.8 Å². The molecule has 0 spiro atoms. The van der Waals surface area contributed by atoms with E-state index >= 15 is 0 Å². The fourth-order valence-electron chi connectivity index (χ4n) is 3.49. The minimum atomic E-state index is 0.375. The Balaban J connectivity index is 1.69. The molecule has 2 aliphatic rings. The van der Waals surface area contributed by atoms with Gasteiger partial charge >= 0.3 is 0 Å². The smallest absolute Gasteiger partial charge is 0.115 e. The normalized spacial score (nSPS) is 29.4. The highest BCUT2D eigenvalue weighted by Crippen LogP contribution is 2.28. The van der Waals surface area contributed by atoms with Crippen LogP contribution in [0.25, 0.3) is 0 Å². The molecule has 0 saturated carbocycles. The van der Waals surface area contributed by atoms with Gasteiger partial charge in [-0.15, -0.1) is 0 Å². The maximum Gasteiger partial charge on any atom is 0.115 e. The lowest BCUT2D eigenvalue weighted by Gasteiger charge is -2.43. The van der Waals surface area contributed by atoms with E-state index in [1.807, 2.05) is 12.1 Å². The molecule has 3 heteroatoms. The molecule has 0 aliphatic carbocycles. The summed E-state index contributed by atoms with van der Waals surface area (Å²) in [7, 11) is 0. The van der Waals surface area contributed by atoms with E-state index in [0.717, 1.165) is 19.1 Å². The Bertz CT molecular complexity index is 421. The summed E-state index contributed by atoms with van der Waals surface area (Å²) in [5.41, 5.74) is 1.22. The Hall–Kier alpha value is -1.06. The molecule has 2 unspecified atom stereocenters. The van der Waals surface area contributed by atoms with Crippen LogP contribution in [-0.2, 0) is 6.54 Å². The molecule has 98 valence electrons. The second kappa shape index (κ2) is 4.90. The molecule has 3 nitrogen and oxygen atoms in total. The molecular weight excluding hydrogens is 224 g/mol. The number of piperazine rings is 1. The molecule has 2 saturated heterocycles. The molecule has 3 rings (SSSR count). The molecule has 0 bridgehead atoms. The Morgan fingerprint density at radius 2 is 2.17 bits per heavy atom. The second-order valence-electron chi connectivity index (χ2n) is 5.63. The topological polar surface area (TPSA) is 26.7 Å². The van der Waals surface area contributed by atoms with Crippen molar-refractivity contribution in [3.05, 3.63) is 29.8 Å². The van der Waals surface area contributed by atoms with Gasteiger partial charge in [0.2, 0.25) is 0 Å². The lowest BCUT2D eigenvalue weighted by atomic mass is 10.0. The van der Waals surface area contributed by atoms with Crippen molar-refractivity contribution in [2.45, 2.75) is 38.4 Å². The molecular formula is C15H22N2O. The number of phenols is 1. The molecule has 1 aromatic rings. The van der Waals surface area contributed by atoms with Gasteiger partial charge < -0.3 is 5.11 Å². The molecule has 2 fully saturated rings. The van der Waals surface area contributed by atoms with Crippen molar-refractivity contribution in [3.8, 4) is 5.75 Å². The van der Waals surface area contributed by atoms with Gasteiger partial charge in [-0.2, -0.15) is 0 Å². The van der Waals surface area contributed by atoms with Crippen molar-refractivity contribution >= 4 is 0 Å². The van der Waals surface area contributed by atoms with E-state index in [1.54, 1.807) is 6.07 Å². The van der Waals surface area contributed by atoms with E-state index in [-0.39, 0.29) is 0 Å². The molecule has 1 N–H and O–H groups in total. The van der Waals surface area contributed by atoms with Gasteiger partial charge in [0, 0.05) is 31.7 Å². The summed E-state index contributed by atoms with van der Waals surface area (Å²) in [4.78, 5) is 5.20. The van der Waals surface area contributed by atoms with Crippen LogP contribution in [0.2, 0.25) is 0 Å². The Morgan fingerprint density at radius 1 is 1.28 bits per heavy atom. The number of nitrogens with zero attached hydrogens (tertiary/aromatic N) is 2. The monoisotopic (exact) mass is 246 g/mol. The number of hydrogen-bond acceptors (Lipinski definition) is 3. The zero-order valence-corrected chi connectivity index (χ0v) is 11.0. The van der Waals surface area contributed by atoms with Crippen LogP contribution in [0.1, 0.15) is 25.3 Å². The van der Waals surface area contributed by atoms with Crippen LogP contribution in [-0.4, -0.2) is 46.6 Å². The maximum absolute atomic E-state index is 9.53. The molecule has 2 heterocycles. The van der Waals surface area contributed by atoms with Crippen molar-refractivity contribution < 1.29 is 5.11 Å². The van der Waals surface area contributed by atoms with Crippen molar-refractivity contribution in [1.82, 2.24) is 9.80 Å². The summed E-state index contributed by atoms with van der Waals surface area (Å²) in [6, 6.07) is 9.03. The minimum absolute atomic E-state index is 0.375. The predicted octanol–water partition coefficient (Wildman–Crippen LogP) is 2.06. The summed E-state index contributed by atoms with van der Waals surface area (Å²) >= 11 is 0. The van der Waals surface area contributed by atoms with E-state index < -0.39 is 0 Å². The predicted molar refractivity (Wildman–Crippen MR) is 72.6 cm³/mol. The SMILES string of the molecule is CC1C2CCCN2CCN1Cc1cccc(O)c1. The van der Waals surface area contributed by atoms with Crippen LogP contribution in [0.15, 0.2) is 24.3 Å². The summed E-state index contributed by atoms with van der Waals surface area (Å²) in [5, 5.41) is 9.53. The van der Waals surface area contributed by atoms with Crippen LogP contribution in [0.4, 0.5) is 0 Å². The number of aromatic hydroxyl groups is 1. The van der Waals surface area contributed by atoms with Crippen LogP contribution < -0.4 is 0 Å². The van der Waals surface area contributed by atoms with Crippen molar-refractivity contribution in [3.63, 3.8) is 0 Å². The fraction of sp³-hybridized carbons (Fsp3) is 0.600. The van der Waals surface area contributed by atoms with E-state index in [9.17, 15) is 5.11 Å². The van der Waals surface area contributed by atoms with Crippen LogP contribution in [0.5, 0.6) is 5.75 Å². The zero-order valence-electron chi connectivity index (χ0n) is 11.0. The van der Waals surface area contributed by atoms with Gasteiger partial charge in [0.1, 0.15) is 5.75 Å². The third-order valence-corrected chi connectivity index (χ3v) is 4.52. The average molecular weight is 246 g/mol. The van der Waals surface area contributed by atoms with Crippen LogP contribution in [0.3, 0.4) is 0 Å². The van der Waals surface area contributed by atoms with Crippen molar-refractivity contribution in [1.29, 1.82) is 0 Å². The van der Waals surface area contributed by atoms with Gasteiger partial charge in [0.15, 0.2) is 0 Å². The van der Waals surface area contributed by atoms with Gasteiger partial charge in [-0.25, -0.2) is 0 Å². The van der Waals surface area contributed by atoms with Gasteiger partial charge in [-0.05, 0) is 44.0 Å². The fourth-order valence-corrected chi connectivity index (χ4v) is 3.49. The second-order valence-corrected chi connectivity index (χ2v) is 5.63. The van der Waals surface area contributed by atoms with Gasteiger partial charge in [-0.1, -0.05) is 12.1 Å². The number of phenolic OH excluding ortho intramolecular Hbond substituents is 1. The Morgan fingerprint density at radius 3 is 3.00 bits per heavy atom. The summed E-state index contributed by atoms with van der Waals surface area (Å²) in [5.74, 6) is 0.375. The minimum Gasteiger partial charge on any atom is -0.508 e. The number of fused-ring (bicyclic) bond motifs is 1. The molecule has 0 radical (unpaired) electrons. The third-order valence-electron chi connectivity index (χ3n) is 4.52. The molecule has 1 aromatic carbocycles. The number of hydrogen-bond donors (Lipinski definition) is 1. The first-order chi connectivity index (χ1) is 8.74. The third kappa shape index (κ3) is 2.25. The highest BCUT2D eigenvalue weighted by atomic mass is 16.3. The molecule has 0 amide bonds. The summed E-state index contributed by atoms with van der Waals surface area (Å²) in [6.07, 6.45) is 2.70. The first-order valence-corrected chi connectivity index (χ1v) is 7.00. The van der Waals surface area contributed by atoms with E-state index in [1.165, 1.54) is 31.5 Å². The van der Waals surface area contributed by atoms with Crippen LogP contribution in [0, 0.1) is 0 Å². The number of benzene rings is 1. The van der Waals surface area contributed by atoms with E-state index in [0.29, 0.717) is 11.8 Å². The highest BCUT2D eigenvalue weighted by Gasteiger charge is 2.36. The molecule has 18 heavy (non-hydrogen) atoms. The largest absolute Gasteiger partial charge is 0.508 e. The van der Waals surface area contributed by atoms with Crippen LogP contribution >= 0.6 is 0 Å². The van der Waals surface area contributed by atoms with E-state index in [4.69, 9.17) is 0 Å². The van der Waals surface area contributed by atoms with Gasteiger partial charge in [0.05, 0.1) is 0 Å². The van der Waals surface area contributed by atoms with Gasteiger partial charge in [-0.3, -0.25) is 9.80 Å². The Labute approximate surface area is 109 Å². The molecule has 2 atom stereocenters. The molecule has 0 aromatic heterocycles. The number of rotatable bonds is 2. The van der Waals surface area contributed by atoms with Crippen molar-refractivity contribution in [2.75, 3.05) is 19.6 Å². The maximum atomic E-state index is 9.53.